The molecule has 1 saturated heterocycles. The second-order valence-electron chi connectivity index (χ2n) is 4.01. The lowest BCUT2D eigenvalue weighted by atomic mass is 10.1. The van der Waals surface area contributed by atoms with Crippen LogP contribution in [0.3, 0.4) is 0 Å². The van der Waals surface area contributed by atoms with E-state index in [9.17, 15) is 0 Å². The lowest BCUT2D eigenvalue weighted by molar-refractivity contribution is 0.341. The van der Waals surface area contributed by atoms with E-state index in [1.807, 2.05) is 6.08 Å². The van der Waals surface area contributed by atoms with Gasteiger partial charge in [-0.25, -0.2) is 0 Å². The zero-order chi connectivity index (χ0) is 11.4. The summed E-state index contributed by atoms with van der Waals surface area (Å²) in [7, 11) is 0. The first-order valence-electron chi connectivity index (χ1n) is 5.69. The summed E-state index contributed by atoms with van der Waals surface area (Å²) in [4.78, 5) is 2.33. The normalized spacial score (nSPS) is 15.9. The first-order valence-corrected chi connectivity index (χ1v) is 5.69. The van der Waals surface area contributed by atoms with Gasteiger partial charge >= 0.3 is 0 Å². The number of nitrogens with one attached hydrogen (secondary N) is 1. The van der Waals surface area contributed by atoms with E-state index in [0.29, 0.717) is 0 Å². The number of nitrogens with zero attached hydrogens (tertiary/aromatic N) is 1. The van der Waals surface area contributed by atoms with Crippen molar-refractivity contribution in [3.63, 3.8) is 0 Å². The second kappa shape index (κ2) is 4.99. The molecule has 2 heteroatoms. The molecule has 1 N–H and O–H groups in total. The van der Waals surface area contributed by atoms with Crippen LogP contribution in [0.2, 0.25) is 0 Å². The van der Waals surface area contributed by atoms with Crippen LogP contribution in [0.15, 0.2) is 37.4 Å². The molecular weight excluding hydrogens is 196 g/mol. The molecule has 1 aromatic rings. The van der Waals surface area contributed by atoms with Gasteiger partial charge in [-0.2, -0.15) is 0 Å². The SMILES string of the molecule is C=Cc1ccc(C(=C)N2CCNCC2)cc1. The fourth-order valence-electron chi connectivity index (χ4n) is 1.93. The van der Waals surface area contributed by atoms with Gasteiger partial charge in [0, 0.05) is 31.9 Å². The predicted molar refractivity (Wildman–Crippen MR) is 70.0 cm³/mol. The molecule has 0 radical (unpaired) electrons. The Balaban J connectivity index is 2.10. The number of hydrogen-bond acceptors (Lipinski definition) is 2. The third-order valence-electron chi connectivity index (χ3n) is 2.98. The van der Waals surface area contributed by atoms with Crippen molar-refractivity contribution < 1.29 is 0 Å². The van der Waals surface area contributed by atoms with Crippen molar-refractivity contribution in [2.75, 3.05) is 26.2 Å². The van der Waals surface area contributed by atoms with Crippen LogP contribution >= 0.6 is 0 Å². The topological polar surface area (TPSA) is 15.3 Å². The van der Waals surface area contributed by atoms with E-state index in [2.05, 4.69) is 47.6 Å². The highest BCUT2D eigenvalue weighted by atomic mass is 15.2. The fourth-order valence-corrected chi connectivity index (χ4v) is 1.93. The van der Waals surface area contributed by atoms with Gasteiger partial charge in [0.05, 0.1) is 0 Å². The standard InChI is InChI=1S/C14H18N2/c1-3-13-4-6-14(7-5-13)12(2)16-10-8-15-9-11-16/h3-7,15H,1-2,8-11H2. The van der Waals surface area contributed by atoms with Crippen LogP contribution < -0.4 is 5.32 Å². The van der Waals surface area contributed by atoms with Crippen molar-refractivity contribution in [3.05, 3.63) is 48.6 Å². The summed E-state index contributed by atoms with van der Waals surface area (Å²) in [5.41, 5.74) is 3.47. The number of rotatable bonds is 3. The second-order valence-corrected chi connectivity index (χ2v) is 4.01. The average Bonchev–Trinajstić information content (AvgIpc) is 2.39. The summed E-state index contributed by atoms with van der Waals surface area (Å²) >= 11 is 0. The molecule has 16 heavy (non-hydrogen) atoms. The molecule has 0 aliphatic carbocycles. The van der Waals surface area contributed by atoms with E-state index in [0.717, 1.165) is 37.4 Å². The van der Waals surface area contributed by atoms with E-state index in [1.165, 1.54) is 5.56 Å². The van der Waals surface area contributed by atoms with Gasteiger partial charge in [0.1, 0.15) is 0 Å². The van der Waals surface area contributed by atoms with Gasteiger partial charge in [0.2, 0.25) is 0 Å². The molecule has 0 atom stereocenters. The Kier molecular flexibility index (Phi) is 3.42. The number of hydrogen-bond donors (Lipinski definition) is 1. The minimum Gasteiger partial charge on any atom is -0.369 e. The van der Waals surface area contributed by atoms with Gasteiger partial charge in [0.25, 0.3) is 0 Å². The third kappa shape index (κ3) is 2.34. The lowest BCUT2D eigenvalue weighted by Crippen LogP contribution is -2.42. The predicted octanol–water partition coefficient (Wildman–Crippen LogP) is 2.21. The van der Waals surface area contributed by atoms with Crippen molar-refractivity contribution in [1.82, 2.24) is 10.2 Å². The quantitative estimate of drug-likeness (QED) is 0.830. The Labute approximate surface area is 97.3 Å². The molecule has 84 valence electrons. The van der Waals surface area contributed by atoms with E-state index in [1.54, 1.807) is 0 Å². The summed E-state index contributed by atoms with van der Waals surface area (Å²) in [6.45, 7) is 12.1. The van der Waals surface area contributed by atoms with Crippen LogP contribution in [0.25, 0.3) is 11.8 Å². The molecule has 1 aromatic carbocycles. The third-order valence-corrected chi connectivity index (χ3v) is 2.98. The van der Waals surface area contributed by atoms with Gasteiger partial charge in [-0.3, -0.25) is 0 Å². The monoisotopic (exact) mass is 214 g/mol. The highest BCUT2D eigenvalue weighted by Crippen LogP contribution is 2.18. The van der Waals surface area contributed by atoms with Crippen LogP contribution in [0.4, 0.5) is 0 Å². The Morgan fingerprint density at radius 1 is 1.19 bits per heavy atom. The van der Waals surface area contributed by atoms with Crippen LogP contribution in [0.1, 0.15) is 11.1 Å². The van der Waals surface area contributed by atoms with Crippen molar-refractivity contribution in [2.24, 2.45) is 0 Å². The largest absolute Gasteiger partial charge is 0.369 e. The minimum absolute atomic E-state index is 1.04. The molecule has 1 aliphatic rings. The Hall–Kier alpha value is -1.54. The maximum atomic E-state index is 4.18. The molecule has 1 fully saturated rings. The molecule has 2 rings (SSSR count). The molecular formula is C14H18N2. The van der Waals surface area contributed by atoms with Crippen molar-refractivity contribution in [2.45, 2.75) is 0 Å². The average molecular weight is 214 g/mol. The first-order chi connectivity index (χ1) is 7.81. The van der Waals surface area contributed by atoms with E-state index in [4.69, 9.17) is 0 Å². The molecule has 1 heterocycles. The van der Waals surface area contributed by atoms with Gasteiger partial charge in [-0.15, -0.1) is 0 Å². The zero-order valence-electron chi connectivity index (χ0n) is 9.58. The summed E-state index contributed by atoms with van der Waals surface area (Å²) in [6.07, 6.45) is 1.86. The van der Waals surface area contributed by atoms with Crippen LogP contribution in [0, 0.1) is 0 Å². The lowest BCUT2D eigenvalue weighted by Gasteiger charge is -2.31. The Morgan fingerprint density at radius 3 is 2.38 bits per heavy atom. The van der Waals surface area contributed by atoms with Gasteiger partial charge in [-0.1, -0.05) is 43.5 Å². The Morgan fingerprint density at radius 2 is 1.81 bits per heavy atom. The molecule has 0 saturated carbocycles. The molecule has 0 unspecified atom stereocenters. The summed E-state index contributed by atoms with van der Waals surface area (Å²) < 4.78 is 0. The zero-order valence-corrected chi connectivity index (χ0v) is 9.58. The first kappa shape index (κ1) is 11.0. The van der Waals surface area contributed by atoms with Gasteiger partial charge < -0.3 is 10.2 Å². The molecule has 1 aliphatic heterocycles. The minimum atomic E-state index is 1.04. The fraction of sp³-hybridized carbons (Fsp3) is 0.286. The van der Waals surface area contributed by atoms with Gasteiger partial charge in [0.15, 0.2) is 0 Å². The van der Waals surface area contributed by atoms with Gasteiger partial charge in [-0.05, 0) is 11.1 Å². The highest BCUT2D eigenvalue weighted by molar-refractivity contribution is 5.63. The number of piperazine rings is 1. The van der Waals surface area contributed by atoms with Crippen LogP contribution in [0.5, 0.6) is 0 Å². The highest BCUT2D eigenvalue weighted by Gasteiger charge is 2.12. The molecule has 0 aromatic heterocycles. The van der Waals surface area contributed by atoms with Crippen molar-refractivity contribution >= 4 is 11.8 Å². The summed E-state index contributed by atoms with van der Waals surface area (Å²) in [6, 6.07) is 8.38. The molecule has 2 nitrogen and oxygen atoms in total. The molecule has 0 amide bonds. The van der Waals surface area contributed by atoms with E-state index >= 15 is 0 Å². The van der Waals surface area contributed by atoms with Crippen molar-refractivity contribution in [3.8, 4) is 0 Å². The molecule has 0 bridgehead atoms. The van der Waals surface area contributed by atoms with E-state index < -0.39 is 0 Å². The summed E-state index contributed by atoms with van der Waals surface area (Å²) in [5, 5.41) is 3.34. The van der Waals surface area contributed by atoms with Crippen LogP contribution in [-0.4, -0.2) is 31.1 Å². The maximum Gasteiger partial charge on any atom is 0.0367 e. The maximum absolute atomic E-state index is 4.18. The Bertz CT molecular complexity index is 372. The molecule has 0 spiro atoms. The number of benzene rings is 1. The van der Waals surface area contributed by atoms with E-state index in [-0.39, 0.29) is 0 Å². The summed E-state index contributed by atoms with van der Waals surface area (Å²) in [5.74, 6) is 0. The smallest absolute Gasteiger partial charge is 0.0367 e. The van der Waals surface area contributed by atoms with Crippen molar-refractivity contribution in [1.29, 1.82) is 0 Å². The van der Waals surface area contributed by atoms with Crippen LogP contribution in [-0.2, 0) is 0 Å².